The van der Waals surface area contributed by atoms with E-state index in [-0.39, 0.29) is 22.9 Å². The fourth-order valence-corrected chi connectivity index (χ4v) is 3.94. The number of amides is 1. The number of nitrogens with one attached hydrogen (secondary N) is 1. The van der Waals surface area contributed by atoms with Gasteiger partial charge in [-0.2, -0.15) is 0 Å². The van der Waals surface area contributed by atoms with Crippen molar-refractivity contribution in [1.29, 1.82) is 0 Å². The predicted molar refractivity (Wildman–Crippen MR) is 93.0 cm³/mol. The van der Waals surface area contributed by atoms with Gasteiger partial charge < -0.3 is 4.74 Å². The highest BCUT2D eigenvalue weighted by Crippen LogP contribution is 2.27. The quantitative estimate of drug-likeness (QED) is 0.456. The van der Waals surface area contributed by atoms with Crippen LogP contribution >= 0.6 is 34.9 Å². The van der Waals surface area contributed by atoms with Gasteiger partial charge in [-0.05, 0) is 19.1 Å². The summed E-state index contributed by atoms with van der Waals surface area (Å²) in [5, 5.41) is 10.7. The van der Waals surface area contributed by atoms with E-state index in [0.29, 0.717) is 9.47 Å². The van der Waals surface area contributed by atoms with Crippen molar-refractivity contribution in [2.24, 2.45) is 0 Å². The topological polar surface area (TPSA) is 81.2 Å². The van der Waals surface area contributed by atoms with Gasteiger partial charge in [0, 0.05) is 4.90 Å². The van der Waals surface area contributed by atoms with Gasteiger partial charge in [-0.3, -0.25) is 14.9 Å². The summed E-state index contributed by atoms with van der Waals surface area (Å²) in [6.07, 6.45) is 0. The zero-order valence-corrected chi connectivity index (χ0v) is 15.0. The van der Waals surface area contributed by atoms with Gasteiger partial charge in [-0.15, -0.1) is 22.0 Å². The van der Waals surface area contributed by atoms with Gasteiger partial charge in [0.05, 0.1) is 18.1 Å². The molecule has 2 aromatic rings. The number of carbonyl (C=O) groups excluding carboxylic acids is 2. The Morgan fingerprint density at radius 2 is 2.04 bits per heavy atom. The van der Waals surface area contributed by atoms with Crippen LogP contribution in [0.1, 0.15) is 6.92 Å². The van der Waals surface area contributed by atoms with Crippen molar-refractivity contribution in [3.63, 3.8) is 0 Å². The Morgan fingerprint density at radius 1 is 1.30 bits per heavy atom. The monoisotopic (exact) mass is 369 g/mol. The number of rotatable bonds is 7. The van der Waals surface area contributed by atoms with E-state index in [1.165, 1.54) is 42.0 Å². The van der Waals surface area contributed by atoms with Crippen molar-refractivity contribution in [1.82, 2.24) is 10.2 Å². The van der Waals surface area contributed by atoms with Gasteiger partial charge in [0.1, 0.15) is 0 Å². The molecule has 0 spiro atoms. The van der Waals surface area contributed by atoms with Crippen molar-refractivity contribution in [3.8, 4) is 0 Å². The highest BCUT2D eigenvalue weighted by atomic mass is 32.2. The molecule has 1 atom stereocenters. The molecular formula is C14H15N3O3S3. The van der Waals surface area contributed by atoms with Crippen LogP contribution in [0.5, 0.6) is 0 Å². The molecule has 0 bridgehead atoms. The molecule has 0 unspecified atom stereocenters. The van der Waals surface area contributed by atoms with Crippen molar-refractivity contribution >= 4 is 51.9 Å². The summed E-state index contributed by atoms with van der Waals surface area (Å²) >= 11 is 3.93. The van der Waals surface area contributed by atoms with Crippen LogP contribution in [0, 0.1) is 0 Å². The van der Waals surface area contributed by atoms with E-state index in [4.69, 9.17) is 0 Å². The maximum Gasteiger partial charge on any atom is 0.316 e. The Bertz CT molecular complexity index is 664. The minimum atomic E-state index is -0.330. The van der Waals surface area contributed by atoms with E-state index in [2.05, 4.69) is 20.3 Å². The SMILES string of the molecule is COC(=O)CSc1nnc(NC(=O)[C@H](C)Sc2ccccc2)s1. The van der Waals surface area contributed by atoms with E-state index in [1.807, 2.05) is 37.3 Å². The maximum absolute atomic E-state index is 12.2. The highest BCUT2D eigenvalue weighted by molar-refractivity contribution is 8.01. The van der Waals surface area contributed by atoms with Crippen molar-refractivity contribution < 1.29 is 14.3 Å². The van der Waals surface area contributed by atoms with E-state index in [9.17, 15) is 9.59 Å². The number of hydrogen-bond donors (Lipinski definition) is 1. The van der Waals surface area contributed by atoms with Crippen LogP contribution in [0.25, 0.3) is 0 Å². The van der Waals surface area contributed by atoms with E-state index in [1.54, 1.807) is 0 Å². The molecule has 0 aliphatic heterocycles. The van der Waals surface area contributed by atoms with Crippen LogP contribution in [0.3, 0.4) is 0 Å². The van der Waals surface area contributed by atoms with E-state index in [0.717, 1.165) is 4.90 Å². The summed E-state index contributed by atoms with van der Waals surface area (Å²) in [7, 11) is 1.33. The molecule has 6 nitrogen and oxygen atoms in total. The maximum atomic E-state index is 12.2. The Hall–Kier alpha value is -1.58. The summed E-state index contributed by atoms with van der Waals surface area (Å²) in [6.45, 7) is 1.83. The van der Waals surface area contributed by atoms with Crippen molar-refractivity contribution in [2.45, 2.75) is 21.4 Å². The first-order valence-corrected chi connectivity index (χ1v) is 9.32. The van der Waals surface area contributed by atoms with E-state index < -0.39 is 0 Å². The molecule has 1 N–H and O–H groups in total. The Labute approximate surface area is 146 Å². The molecule has 23 heavy (non-hydrogen) atoms. The third-order valence-electron chi connectivity index (χ3n) is 2.60. The third-order valence-corrected chi connectivity index (χ3v) is 5.66. The number of nitrogens with zero attached hydrogens (tertiary/aromatic N) is 2. The number of carbonyl (C=O) groups is 2. The molecule has 122 valence electrons. The van der Waals surface area contributed by atoms with Crippen LogP contribution < -0.4 is 5.32 Å². The lowest BCUT2D eigenvalue weighted by Crippen LogP contribution is -2.22. The van der Waals surface area contributed by atoms with Gasteiger partial charge in [-0.25, -0.2) is 0 Å². The zero-order chi connectivity index (χ0) is 16.7. The van der Waals surface area contributed by atoms with Crippen LogP contribution in [0.15, 0.2) is 39.6 Å². The number of ether oxygens (including phenoxy) is 1. The lowest BCUT2D eigenvalue weighted by atomic mass is 10.4. The number of hydrogen-bond acceptors (Lipinski definition) is 8. The second kappa shape index (κ2) is 8.90. The molecule has 1 aromatic heterocycles. The lowest BCUT2D eigenvalue weighted by Gasteiger charge is -2.09. The van der Waals surface area contributed by atoms with Gasteiger partial charge in [-0.1, -0.05) is 41.3 Å². The summed E-state index contributed by atoms with van der Waals surface area (Å²) in [6, 6.07) is 9.72. The number of thioether (sulfide) groups is 2. The number of aromatic nitrogens is 2. The van der Waals surface area contributed by atoms with Gasteiger partial charge in [0.25, 0.3) is 0 Å². The summed E-state index contributed by atoms with van der Waals surface area (Å²) in [5.74, 6) is -0.303. The van der Waals surface area contributed by atoms with Crippen LogP contribution in [-0.4, -0.2) is 40.2 Å². The predicted octanol–water partition coefficient (Wildman–Crippen LogP) is 2.92. The molecule has 0 saturated heterocycles. The number of esters is 1. The Balaban J connectivity index is 1.85. The number of anilines is 1. The Kier molecular flexibility index (Phi) is 6.87. The first kappa shape index (κ1) is 17.8. The number of benzene rings is 1. The van der Waals surface area contributed by atoms with E-state index >= 15 is 0 Å². The van der Waals surface area contributed by atoms with Crippen molar-refractivity contribution in [2.75, 3.05) is 18.2 Å². The largest absolute Gasteiger partial charge is 0.468 e. The molecule has 0 radical (unpaired) electrons. The van der Waals surface area contributed by atoms with Crippen LogP contribution in [-0.2, 0) is 14.3 Å². The summed E-state index contributed by atoms with van der Waals surface area (Å²) in [5.41, 5.74) is 0. The molecule has 0 aliphatic rings. The first-order valence-electron chi connectivity index (χ1n) is 6.64. The zero-order valence-electron chi connectivity index (χ0n) is 12.5. The van der Waals surface area contributed by atoms with Gasteiger partial charge >= 0.3 is 5.97 Å². The molecule has 0 saturated carbocycles. The smallest absolute Gasteiger partial charge is 0.316 e. The minimum absolute atomic E-state index is 0.139. The third kappa shape index (κ3) is 5.85. The average Bonchev–Trinajstić information content (AvgIpc) is 3.00. The summed E-state index contributed by atoms with van der Waals surface area (Å²) in [4.78, 5) is 24.3. The second-order valence-electron chi connectivity index (χ2n) is 4.30. The van der Waals surface area contributed by atoms with Crippen molar-refractivity contribution in [3.05, 3.63) is 30.3 Å². The second-order valence-corrected chi connectivity index (χ2v) is 7.91. The minimum Gasteiger partial charge on any atom is -0.468 e. The fourth-order valence-electron chi connectivity index (χ4n) is 1.46. The molecule has 1 amide bonds. The summed E-state index contributed by atoms with van der Waals surface area (Å²) < 4.78 is 5.16. The first-order chi connectivity index (χ1) is 11.1. The molecule has 1 heterocycles. The fraction of sp³-hybridized carbons (Fsp3) is 0.286. The molecular weight excluding hydrogens is 354 g/mol. The molecule has 9 heteroatoms. The van der Waals surface area contributed by atoms with Gasteiger partial charge in [0.2, 0.25) is 11.0 Å². The standard InChI is InChI=1S/C14H15N3O3S3/c1-9(22-10-6-4-3-5-7-10)12(19)15-13-16-17-14(23-13)21-8-11(18)20-2/h3-7,9H,8H2,1-2H3,(H,15,16,19)/t9-/m0/s1. The Morgan fingerprint density at radius 3 is 2.74 bits per heavy atom. The molecule has 2 rings (SSSR count). The van der Waals surface area contributed by atoms with Crippen LogP contribution in [0.2, 0.25) is 0 Å². The number of methoxy groups -OCH3 is 1. The lowest BCUT2D eigenvalue weighted by molar-refractivity contribution is -0.137. The average molecular weight is 369 g/mol. The molecule has 0 aliphatic carbocycles. The normalized spacial score (nSPS) is 11.7. The van der Waals surface area contributed by atoms with Crippen LogP contribution in [0.4, 0.5) is 5.13 Å². The molecule has 0 fully saturated rings. The van der Waals surface area contributed by atoms with Gasteiger partial charge in [0.15, 0.2) is 4.34 Å². The molecule has 1 aromatic carbocycles. The highest BCUT2D eigenvalue weighted by Gasteiger charge is 2.17.